The van der Waals surface area contributed by atoms with Gasteiger partial charge in [-0.2, -0.15) is 5.10 Å². The molecule has 0 fully saturated rings. The van der Waals surface area contributed by atoms with E-state index in [4.69, 9.17) is 16.3 Å². The van der Waals surface area contributed by atoms with E-state index >= 15 is 0 Å². The van der Waals surface area contributed by atoms with Gasteiger partial charge in [0.2, 0.25) is 0 Å². The number of aliphatic hydroxyl groups is 1. The zero-order valence-electron chi connectivity index (χ0n) is 12.5. The van der Waals surface area contributed by atoms with E-state index in [0.717, 1.165) is 22.5 Å². The third-order valence-corrected chi connectivity index (χ3v) is 3.74. The minimum absolute atomic E-state index is 0.0580. The second kappa shape index (κ2) is 6.83. The summed E-state index contributed by atoms with van der Waals surface area (Å²) in [6, 6.07) is 5.66. The fourth-order valence-electron chi connectivity index (χ4n) is 2.17. The average Bonchev–Trinajstić information content (AvgIpc) is 2.71. The maximum Gasteiger partial charge on any atom is 0.131 e. The van der Waals surface area contributed by atoms with Crippen molar-refractivity contribution >= 4 is 17.3 Å². The van der Waals surface area contributed by atoms with Gasteiger partial charge in [-0.1, -0.05) is 11.6 Å². The Hall–Kier alpha value is -1.72. The summed E-state index contributed by atoms with van der Waals surface area (Å²) in [7, 11) is 1.82. The molecule has 2 rings (SSSR count). The lowest BCUT2D eigenvalue weighted by molar-refractivity contribution is 0.267. The standard InChI is InChI=1S/C15H20ClN3O2/c1-4-21-14-6-5-12(7-11(14)9-20)17-8-13-10(2)18-19(3)15(13)16/h5-7,17,20H,4,8-9H2,1-3H3. The molecule has 2 N–H and O–H groups in total. The van der Waals surface area contributed by atoms with Crippen LogP contribution < -0.4 is 10.1 Å². The highest BCUT2D eigenvalue weighted by Crippen LogP contribution is 2.25. The molecule has 0 aliphatic rings. The van der Waals surface area contributed by atoms with Crippen LogP contribution in [0.15, 0.2) is 18.2 Å². The summed E-state index contributed by atoms with van der Waals surface area (Å²) >= 11 is 6.21. The summed E-state index contributed by atoms with van der Waals surface area (Å²) in [5, 5.41) is 17.6. The maximum absolute atomic E-state index is 9.40. The molecular formula is C15H20ClN3O2. The number of nitrogens with zero attached hydrogens (tertiary/aromatic N) is 2. The number of hydrogen-bond acceptors (Lipinski definition) is 4. The van der Waals surface area contributed by atoms with Crippen LogP contribution in [0.5, 0.6) is 5.75 Å². The predicted molar refractivity (Wildman–Crippen MR) is 83.8 cm³/mol. The second-order valence-electron chi connectivity index (χ2n) is 4.75. The maximum atomic E-state index is 9.40. The number of aliphatic hydroxyl groups excluding tert-OH is 1. The van der Waals surface area contributed by atoms with Gasteiger partial charge in [0.15, 0.2) is 0 Å². The normalized spacial score (nSPS) is 10.7. The third kappa shape index (κ3) is 3.49. The van der Waals surface area contributed by atoms with Crippen LogP contribution in [0.2, 0.25) is 5.15 Å². The Kier molecular flexibility index (Phi) is 5.09. The number of hydrogen-bond donors (Lipinski definition) is 2. The van der Waals surface area contributed by atoms with Crippen LogP contribution in [0.1, 0.15) is 23.7 Å². The molecular weight excluding hydrogens is 290 g/mol. The summed E-state index contributed by atoms with van der Waals surface area (Å²) in [6.07, 6.45) is 0. The number of halogens is 1. The van der Waals surface area contributed by atoms with Crippen molar-refractivity contribution in [3.8, 4) is 5.75 Å². The molecule has 0 atom stereocenters. The molecule has 0 unspecified atom stereocenters. The number of anilines is 1. The van der Waals surface area contributed by atoms with Crippen molar-refractivity contribution < 1.29 is 9.84 Å². The van der Waals surface area contributed by atoms with Crippen LogP contribution >= 0.6 is 11.6 Å². The van der Waals surface area contributed by atoms with E-state index in [0.29, 0.717) is 24.1 Å². The van der Waals surface area contributed by atoms with Gasteiger partial charge in [0.25, 0.3) is 0 Å². The van der Waals surface area contributed by atoms with Gasteiger partial charge in [0.1, 0.15) is 10.9 Å². The minimum atomic E-state index is -0.0580. The quantitative estimate of drug-likeness (QED) is 0.861. The first-order valence-corrected chi connectivity index (χ1v) is 7.23. The molecule has 0 spiro atoms. The van der Waals surface area contributed by atoms with Crippen molar-refractivity contribution in [1.82, 2.24) is 9.78 Å². The average molecular weight is 310 g/mol. The second-order valence-corrected chi connectivity index (χ2v) is 5.10. The molecule has 2 aromatic rings. The Morgan fingerprint density at radius 2 is 2.19 bits per heavy atom. The first-order valence-electron chi connectivity index (χ1n) is 6.85. The molecule has 6 heteroatoms. The lowest BCUT2D eigenvalue weighted by Crippen LogP contribution is -2.03. The minimum Gasteiger partial charge on any atom is -0.494 e. The van der Waals surface area contributed by atoms with Crippen molar-refractivity contribution in [2.24, 2.45) is 7.05 Å². The van der Waals surface area contributed by atoms with Crippen LogP contribution in [0.4, 0.5) is 5.69 Å². The molecule has 5 nitrogen and oxygen atoms in total. The topological polar surface area (TPSA) is 59.3 Å². The van der Waals surface area contributed by atoms with Crippen LogP contribution in [0, 0.1) is 6.92 Å². The Balaban J connectivity index is 2.13. The first-order chi connectivity index (χ1) is 10.1. The number of benzene rings is 1. The molecule has 114 valence electrons. The van der Waals surface area contributed by atoms with Gasteiger partial charge in [-0.05, 0) is 32.0 Å². The Morgan fingerprint density at radius 3 is 2.76 bits per heavy atom. The number of rotatable bonds is 6. The lowest BCUT2D eigenvalue weighted by atomic mass is 10.1. The zero-order valence-corrected chi connectivity index (χ0v) is 13.2. The largest absolute Gasteiger partial charge is 0.494 e. The summed E-state index contributed by atoms with van der Waals surface area (Å²) in [5.74, 6) is 0.709. The van der Waals surface area contributed by atoms with Gasteiger partial charge in [-0.3, -0.25) is 4.68 Å². The molecule has 1 aromatic heterocycles. The van der Waals surface area contributed by atoms with Gasteiger partial charge in [-0.25, -0.2) is 0 Å². The van der Waals surface area contributed by atoms with Crippen LogP contribution in [-0.4, -0.2) is 21.5 Å². The summed E-state index contributed by atoms with van der Waals surface area (Å²) in [5.41, 5.74) is 3.54. The molecule has 1 heterocycles. The lowest BCUT2D eigenvalue weighted by Gasteiger charge is -2.12. The molecule has 0 amide bonds. The summed E-state index contributed by atoms with van der Waals surface area (Å²) in [4.78, 5) is 0. The van der Waals surface area contributed by atoms with Crippen molar-refractivity contribution in [2.75, 3.05) is 11.9 Å². The highest BCUT2D eigenvalue weighted by Gasteiger charge is 2.11. The number of aromatic nitrogens is 2. The summed E-state index contributed by atoms with van der Waals surface area (Å²) < 4.78 is 7.12. The van der Waals surface area contributed by atoms with Crippen molar-refractivity contribution in [3.05, 3.63) is 40.2 Å². The zero-order chi connectivity index (χ0) is 15.4. The summed E-state index contributed by atoms with van der Waals surface area (Å²) in [6.45, 7) is 4.94. The fraction of sp³-hybridized carbons (Fsp3) is 0.400. The van der Waals surface area contributed by atoms with Gasteiger partial charge in [0.05, 0.1) is 18.9 Å². The van der Waals surface area contributed by atoms with E-state index in [1.54, 1.807) is 4.68 Å². The molecule has 0 bridgehead atoms. The molecule has 0 aliphatic carbocycles. The van der Waals surface area contributed by atoms with Crippen LogP contribution in [0.3, 0.4) is 0 Å². The van der Waals surface area contributed by atoms with Gasteiger partial charge < -0.3 is 15.2 Å². The number of ether oxygens (including phenoxy) is 1. The highest BCUT2D eigenvalue weighted by molar-refractivity contribution is 6.30. The Morgan fingerprint density at radius 1 is 1.43 bits per heavy atom. The smallest absolute Gasteiger partial charge is 0.131 e. The molecule has 0 aliphatic heterocycles. The van der Waals surface area contributed by atoms with Gasteiger partial charge >= 0.3 is 0 Å². The van der Waals surface area contributed by atoms with Crippen LogP contribution in [0.25, 0.3) is 0 Å². The van der Waals surface area contributed by atoms with E-state index in [-0.39, 0.29) is 6.61 Å². The molecule has 21 heavy (non-hydrogen) atoms. The Labute approximate surface area is 129 Å². The highest BCUT2D eigenvalue weighted by atomic mass is 35.5. The van der Waals surface area contributed by atoms with Crippen molar-refractivity contribution in [2.45, 2.75) is 27.0 Å². The van der Waals surface area contributed by atoms with Crippen molar-refractivity contribution in [3.63, 3.8) is 0 Å². The SMILES string of the molecule is CCOc1ccc(NCc2c(C)nn(C)c2Cl)cc1CO. The Bertz CT molecular complexity index is 626. The van der Waals surface area contributed by atoms with Crippen LogP contribution in [-0.2, 0) is 20.2 Å². The molecule has 0 saturated carbocycles. The van der Waals surface area contributed by atoms with E-state index < -0.39 is 0 Å². The monoisotopic (exact) mass is 309 g/mol. The fourth-order valence-corrected chi connectivity index (χ4v) is 2.42. The first kappa shape index (κ1) is 15.7. The van der Waals surface area contributed by atoms with Gasteiger partial charge in [-0.15, -0.1) is 0 Å². The molecule has 0 saturated heterocycles. The van der Waals surface area contributed by atoms with Gasteiger partial charge in [0, 0.05) is 30.4 Å². The molecule has 1 aromatic carbocycles. The van der Waals surface area contributed by atoms with E-state index in [9.17, 15) is 5.11 Å². The predicted octanol–water partition coefficient (Wildman–Crippen LogP) is 2.89. The number of aryl methyl sites for hydroxylation is 2. The number of nitrogens with one attached hydrogen (secondary N) is 1. The van der Waals surface area contributed by atoms with E-state index in [1.165, 1.54) is 0 Å². The molecule has 0 radical (unpaired) electrons. The van der Waals surface area contributed by atoms with E-state index in [2.05, 4.69) is 10.4 Å². The van der Waals surface area contributed by atoms with Crippen molar-refractivity contribution in [1.29, 1.82) is 0 Å². The van der Waals surface area contributed by atoms with E-state index in [1.807, 2.05) is 39.1 Å². The third-order valence-electron chi connectivity index (χ3n) is 3.27.